The number of rotatable bonds is 6. The lowest BCUT2D eigenvalue weighted by Gasteiger charge is -2.40. The fraction of sp³-hybridized carbons (Fsp3) is 0.286. The molecule has 0 aromatic heterocycles. The second-order valence-corrected chi connectivity index (χ2v) is 6.48. The van der Waals surface area contributed by atoms with Crippen molar-refractivity contribution in [2.75, 3.05) is 13.7 Å². The molecule has 0 aliphatic carbocycles. The minimum atomic E-state index is -0.859. The molecule has 140 valence electrons. The molecular weight excluding hydrogens is 344 g/mol. The molecule has 6 heteroatoms. The van der Waals surface area contributed by atoms with Crippen molar-refractivity contribution in [3.63, 3.8) is 0 Å². The van der Waals surface area contributed by atoms with Crippen LogP contribution in [0.4, 0.5) is 0 Å². The van der Waals surface area contributed by atoms with Crippen molar-refractivity contribution in [1.82, 2.24) is 9.80 Å². The van der Waals surface area contributed by atoms with Gasteiger partial charge in [-0.3, -0.25) is 14.4 Å². The molecule has 6 nitrogen and oxygen atoms in total. The van der Waals surface area contributed by atoms with Crippen LogP contribution in [0.1, 0.15) is 17.5 Å². The molecule has 1 aliphatic heterocycles. The zero-order valence-corrected chi connectivity index (χ0v) is 15.2. The number of ether oxygens (including phenoxy) is 1. The van der Waals surface area contributed by atoms with Gasteiger partial charge in [0.15, 0.2) is 0 Å². The monoisotopic (exact) mass is 366 g/mol. The zero-order chi connectivity index (χ0) is 19.2. The van der Waals surface area contributed by atoms with Crippen molar-refractivity contribution in [2.24, 2.45) is 0 Å². The maximum atomic E-state index is 13.1. The van der Waals surface area contributed by atoms with Crippen molar-refractivity contribution in [3.05, 3.63) is 71.8 Å². The first kappa shape index (κ1) is 18.6. The highest BCUT2D eigenvalue weighted by Gasteiger charge is 2.40. The van der Waals surface area contributed by atoms with Crippen molar-refractivity contribution < 1.29 is 19.1 Å². The van der Waals surface area contributed by atoms with Crippen molar-refractivity contribution in [3.8, 4) is 0 Å². The van der Waals surface area contributed by atoms with Gasteiger partial charge in [0.05, 0.1) is 13.5 Å². The normalized spacial score (nSPS) is 17.1. The van der Waals surface area contributed by atoms with Crippen LogP contribution in [-0.4, -0.2) is 47.3 Å². The van der Waals surface area contributed by atoms with Gasteiger partial charge in [0.1, 0.15) is 12.6 Å². The Kier molecular flexibility index (Phi) is 5.86. The predicted octanol–water partition coefficient (Wildman–Crippen LogP) is 1.99. The highest BCUT2D eigenvalue weighted by atomic mass is 16.5. The smallest absolute Gasteiger partial charge is 0.308 e. The number of carbonyl (C=O) groups is 3. The third-order valence-electron chi connectivity index (χ3n) is 4.62. The minimum Gasteiger partial charge on any atom is -0.469 e. The molecule has 0 saturated carbocycles. The number of amides is 2. The molecule has 2 amide bonds. The summed E-state index contributed by atoms with van der Waals surface area (Å²) in [5.41, 5.74) is 1.84. The highest BCUT2D eigenvalue weighted by Crippen LogP contribution is 2.21. The highest BCUT2D eigenvalue weighted by molar-refractivity contribution is 5.96. The lowest BCUT2D eigenvalue weighted by atomic mass is 10.0. The molecule has 2 aromatic carbocycles. The second-order valence-electron chi connectivity index (χ2n) is 6.48. The topological polar surface area (TPSA) is 66.9 Å². The van der Waals surface area contributed by atoms with Gasteiger partial charge in [-0.1, -0.05) is 60.7 Å². The SMILES string of the molecule is COC(=O)C[C@H]1C(=O)N(Cc2ccccc2)CC(=O)N1Cc1ccccc1. The van der Waals surface area contributed by atoms with E-state index in [2.05, 4.69) is 0 Å². The lowest BCUT2D eigenvalue weighted by Crippen LogP contribution is -2.59. The standard InChI is InChI=1S/C21H22N2O4/c1-27-20(25)12-18-21(26)22(13-16-8-4-2-5-9-16)15-19(24)23(18)14-17-10-6-3-7-11-17/h2-11,18H,12-15H2,1H3/t18-/m0/s1. The summed E-state index contributed by atoms with van der Waals surface area (Å²) in [6, 6.07) is 18.1. The van der Waals surface area contributed by atoms with E-state index in [0.717, 1.165) is 11.1 Å². The van der Waals surface area contributed by atoms with Crippen LogP contribution in [0.15, 0.2) is 60.7 Å². The van der Waals surface area contributed by atoms with Crippen molar-refractivity contribution in [2.45, 2.75) is 25.6 Å². The average Bonchev–Trinajstić information content (AvgIpc) is 2.70. The van der Waals surface area contributed by atoms with E-state index in [0.29, 0.717) is 6.54 Å². The van der Waals surface area contributed by atoms with E-state index < -0.39 is 12.0 Å². The first-order valence-electron chi connectivity index (χ1n) is 8.81. The van der Waals surface area contributed by atoms with Crippen LogP contribution in [0.25, 0.3) is 0 Å². The summed E-state index contributed by atoms with van der Waals surface area (Å²) in [6.45, 7) is 0.618. The predicted molar refractivity (Wildman–Crippen MR) is 99.3 cm³/mol. The Morgan fingerprint density at radius 2 is 1.52 bits per heavy atom. The van der Waals surface area contributed by atoms with Gasteiger partial charge in [0, 0.05) is 13.1 Å². The van der Waals surface area contributed by atoms with E-state index in [1.807, 2.05) is 60.7 Å². The van der Waals surface area contributed by atoms with Crippen LogP contribution in [0.3, 0.4) is 0 Å². The maximum absolute atomic E-state index is 13.1. The first-order chi connectivity index (χ1) is 13.1. The van der Waals surface area contributed by atoms with Crippen LogP contribution in [0, 0.1) is 0 Å². The van der Waals surface area contributed by atoms with Crippen LogP contribution in [-0.2, 0) is 32.2 Å². The molecule has 1 heterocycles. The molecule has 1 fully saturated rings. The van der Waals surface area contributed by atoms with Gasteiger partial charge in [-0.2, -0.15) is 0 Å². The largest absolute Gasteiger partial charge is 0.469 e. The summed E-state index contributed by atoms with van der Waals surface area (Å²) in [6.07, 6.45) is -0.154. The van der Waals surface area contributed by atoms with E-state index >= 15 is 0 Å². The molecule has 1 atom stereocenters. The third-order valence-corrected chi connectivity index (χ3v) is 4.62. The molecule has 0 spiro atoms. The van der Waals surface area contributed by atoms with E-state index in [-0.39, 0.29) is 31.3 Å². The van der Waals surface area contributed by atoms with Gasteiger partial charge in [0.2, 0.25) is 11.8 Å². The van der Waals surface area contributed by atoms with Crippen molar-refractivity contribution >= 4 is 17.8 Å². The van der Waals surface area contributed by atoms with Crippen LogP contribution in [0.5, 0.6) is 0 Å². The fourth-order valence-electron chi connectivity index (χ4n) is 3.20. The Hall–Kier alpha value is -3.15. The Bertz CT molecular complexity index is 807. The zero-order valence-electron chi connectivity index (χ0n) is 15.2. The van der Waals surface area contributed by atoms with Gasteiger partial charge in [0.25, 0.3) is 0 Å². The number of benzene rings is 2. The summed E-state index contributed by atoms with van der Waals surface area (Å²) < 4.78 is 4.74. The molecule has 27 heavy (non-hydrogen) atoms. The van der Waals surface area contributed by atoms with Crippen LogP contribution >= 0.6 is 0 Å². The number of carbonyl (C=O) groups excluding carboxylic acids is 3. The minimum absolute atomic E-state index is 0.00175. The summed E-state index contributed by atoms with van der Waals surface area (Å²) in [5.74, 6) is -0.927. The van der Waals surface area contributed by atoms with E-state index in [9.17, 15) is 14.4 Å². The summed E-state index contributed by atoms with van der Waals surface area (Å²) >= 11 is 0. The van der Waals surface area contributed by atoms with Gasteiger partial charge in [-0.05, 0) is 11.1 Å². The Labute approximate surface area is 158 Å². The number of hydrogen-bond donors (Lipinski definition) is 0. The second kappa shape index (κ2) is 8.49. The number of nitrogens with zero attached hydrogens (tertiary/aromatic N) is 2. The van der Waals surface area contributed by atoms with Crippen LogP contribution < -0.4 is 0 Å². The summed E-state index contributed by atoms with van der Waals surface area (Å²) in [4.78, 5) is 40.7. The molecule has 2 aromatic rings. The molecule has 1 saturated heterocycles. The third kappa shape index (κ3) is 4.53. The molecule has 3 rings (SSSR count). The fourth-order valence-corrected chi connectivity index (χ4v) is 3.20. The Morgan fingerprint density at radius 1 is 0.963 bits per heavy atom. The average molecular weight is 366 g/mol. The summed E-state index contributed by atoms with van der Waals surface area (Å²) in [5, 5.41) is 0. The van der Waals surface area contributed by atoms with E-state index in [1.54, 1.807) is 0 Å². The molecule has 0 radical (unpaired) electrons. The van der Waals surface area contributed by atoms with Crippen molar-refractivity contribution in [1.29, 1.82) is 0 Å². The van der Waals surface area contributed by atoms with Crippen LogP contribution in [0.2, 0.25) is 0 Å². The van der Waals surface area contributed by atoms with E-state index in [1.165, 1.54) is 16.9 Å². The molecule has 1 aliphatic rings. The van der Waals surface area contributed by atoms with Gasteiger partial charge >= 0.3 is 5.97 Å². The number of piperazine rings is 1. The van der Waals surface area contributed by atoms with Gasteiger partial charge < -0.3 is 14.5 Å². The van der Waals surface area contributed by atoms with Gasteiger partial charge in [-0.25, -0.2) is 0 Å². The number of esters is 1. The maximum Gasteiger partial charge on any atom is 0.308 e. The molecule has 0 N–H and O–H groups in total. The quantitative estimate of drug-likeness (QED) is 0.734. The number of hydrogen-bond acceptors (Lipinski definition) is 4. The van der Waals surface area contributed by atoms with E-state index in [4.69, 9.17) is 4.74 Å². The Morgan fingerprint density at radius 3 is 2.07 bits per heavy atom. The lowest BCUT2D eigenvalue weighted by molar-refractivity contribution is -0.160. The summed E-state index contributed by atoms with van der Waals surface area (Å²) in [7, 11) is 1.28. The Balaban J connectivity index is 1.82. The first-order valence-corrected chi connectivity index (χ1v) is 8.81. The molecule has 0 bridgehead atoms. The molecule has 0 unspecified atom stereocenters. The van der Waals surface area contributed by atoms with Gasteiger partial charge in [-0.15, -0.1) is 0 Å². The molecular formula is C21H22N2O4. The number of methoxy groups -OCH3 is 1.